The number of hydrogen-bond acceptors (Lipinski definition) is 4. The van der Waals surface area contributed by atoms with E-state index < -0.39 is 0 Å². The van der Waals surface area contributed by atoms with Crippen molar-refractivity contribution in [1.29, 1.82) is 0 Å². The van der Waals surface area contributed by atoms with Crippen LogP contribution >= 0.6 is 0 Å². The molecule has 5 heteroatoms. The van der Waals surface area contributed by atoms with E-state index in [4.69, 9.17) is 4.42 Å². The molecule has 1 fully saturated rings. The lowest BCUT2D eigenvalue weighted by Gasteiger charge is -2.49. The Labute approximate surface area is 177 Å². The second kappa shape index (κ2) is 8.36. The van der Waals surface area contributed by atoms with Gasteiger partial charge in [0.15, 0.2) is 0 Å². The Hall–Kier alpha value is -3.05. The third-order valence-corrected chi connectivity index (χ3v) is 6.31. The molecule has 3 heterocycles. The quantitative estimate of drug-likeness (QED) is 0.711. The first-order chi connectivity index (χ1) is 14.8. The minimum absolute atomic E-state index is 0.0755. The molecule has 30 heavy (non-hydrogen) atoms. The zero-order chi connectivity index (χ0) is 20.3. The minimum atomic E-state index is -0.0755. The first-order valence-electron chi connectivity index (χ1n) is 10.7. The molecule has 0 radical (unpaired) electrons. The molecule has 0 unspecified atom stereocenters. The number of nitrogens with zero attached hydrogens (tertiary/aromatic N) is 2. The molecule has 2 aromatic carbocycles. The lowest BCUT2D eigenvalue weighted by Crippen LogP contribution is -2.60. The number of anilines is 1. The highest BCUT2D eigenvalue weighted by Gasteiger charge is 2.41. The first kappa shape index (κ1) is 18.9. The fourth-order valence-electron chi connectivity index (χ4n) is 4.82. The van der Waals surface area contributed by atoms with Crippen molar-refractivity contribution in [2.75, 3.05) is 24.5 Å². The molecule has 2 aliphatic heterocycles. The van der Waals surface area contributed by atoms with E-state index in [9.17, 15) is 4.79 Å². The normalized spacial score (nSPS) is 21.0. The monoisotopic (exact) mass is 401 g/mol. The van der Waals surface area contributed by atoms with Gasteiger partial charge in [0, 0.05) is 31.9 Å². The molecular formula is C25H27N3O2. The van der Waals surface area contributed by atoms with Crippen LogP contribution in [0, 0.1) is 5.92 Å². The van der Waals surface area contributed by atoms with E-state index in [0.717, 1.165) is 38.4 Å². The number of piperazine rings is 1. The van der Waals surface area contributed by atoms with Crippen LogP contribution in [0.3, 0.4) is 0 Å². The summed E-state index contributed by atoms with van der Waals surface area (Å²) in [5.74, 6) is 0.816. The highest BCUT2D eigenvalue weighted by Crippen LogP contribution is 2.36. The van der Waals surface area contributed by atoms with Crippen molar-refractivity contribution in [2.24, 2.45) is 5.92 Å². The van der Waals surface area contributed by atoms with Crippen LogP contribution in [0.25, 0.3) is 0 Å². The van der Waals surface area contributed by atoms with Gasteiger partial charge in [0.2, 0.25) is 5.91 Å². The number of furan rings is 1. The first-order valence-corrected chi connectivity index (χ1v) is 10.7. The number of fused-ring (bicyclic) bond motifs is 3. The number of amides is 1. The van der Waals surface area contributed by atoms with E-state index in [1.807, 2.05) is 12.1 Å². The Bertz CT molecular complexity index is 987. The average Bonchev–Trinajstić information content (AvgIpc) is 3.31. The number of carbonyl (C=O) groups is 1. The molecule has 3 aromatic rings. The maximum absolute atomic E-state index is 13.2. The molecule has 0 saturated carbocycles. The third-order valence-electron chi connectivity index (χ3n) is 6.31. The van der Waals surface area contributed by atoms with Crippen LogP contribution < -0.4 is 10.2 Å². The zero-order valence-electron chi connectivity index (χ0n) is 17.0. The van der Waals surface area contributed by atoms with Crippen molar-refractivity contribution in [2.45, 2.75) is 25.6 Å². The molecular weight excluding hydrogens is 374 g/mol. The standard InChI is InChI=1S/C25H27N3O2/c29-25(26-16-21-10-6-14-30-21)22-15-20-9-4-5-11-23(20)28-13-12-27(18-24(22)28)17-19-7-2-1-3-8-19/h1-11,14,22,24H,12-13,15-18H2,(H,26,29)/t22-,24-/m1/s1. The molecule has 154 valence electrons. The van der Waals surface area contributed by atoms with E-state index in [2.05, 4.69) is 69.7 Å². The average molecular weight is 402 g/mol. The number of para-hydroxylation sites is 1. The number of hydrogen-bond donors (Lipinski definition) is 1. The van der Waals surface area contributed by atoms with Gasteiger partial charge in [-0.2, -0.15) is 0 Å². The highest BCUT2D eigenvalue weighted by molar-refractivity contribution is 5.82. The Balaban J connectivity index is 1.36. The number of rotatable bonds is 5. The zero-order valence-corrected chi connectivity index (χ0v) is 17.0. The van der Waals surface area contributed by atoms with Gasteiger partial charge in [0.05, 0.1) is 24.8 Å². The number of nitrogens with one attached hydrogen (secondary N) is 1. The van der Waals surface area contributed by atoms with E-state index in [1.165, 1.54) is 16.8 Å². The van der Waals surface area contributed by atoms with Gasteiger partial charge in [0.1, 0.15) is 5.76 Å². The fourth-order valence-corrected chi connectivity index (χ4v) is 4.82. The molecule has 1 N–H and O–H groups in total. The van der Waals surface area contributed by atoms with E-state index in [0.29, 0.717) is 6.54 Å². The van der Waals surface area contributed by atoms with Gasteiger partial charge in [-0.3, -0.25) is 9.69 Å². The molecule has 2 atom stereocenters. The maximum Gasteiger partial charge on any atom is 0.225 e. The highest BCUT2D eigenvalue weighted by atomic mass is 16.3. The van der Waals surface area contributed by atoms with Crippen molar-refractivity contribution >= 4 is 11.6 Å². The van der Waals surface area contributed by atoms with Crippen molar-refractivity contribution in [3.63, 3.8) is 0 Å². The Morgan fingerprint density at radius 1 is 1.00 bits per heavy atom. The van der Waals surface area contributed by atoms with Gasteiger partial charge in [-0.05, 0) is 35.7 Å². The van der Waals surface area contributed by atoms with Gasteiger partial charge in [-0.25, -0.2) is 0 Å². The molecule has 5 nitrogen and oxygen atoms in total. The van der Waals surface area contributed by atoms with Gasteiger partial charge < -0.3 is 14.6 Å². The predicted molar refractivity (Wildman–Crippen MR) is 117 cm³/mol. The second-order valence-electron chi connectivity index (χ2n) is 8.22. The molecule has 2 aliphatic rings. The lowest BCUT2D eigenvalue weighted by atomic mass is 9.83. The smallest absolute Gasteiger partial charge is 0.225 e. The summed E-state index contributed by atoms with van der Waals surface area (Å²) >= 11 is 0. The number of carbonyl (C=O) groups excluding carboxylic acids is 1. The van der Waals surface area contributed by atoms with E-state index in [-0.39, 0.29) is 17.9 Å². The third kappa shape index (κ3) is 3.85. The molecule has 0 bridgehead atoms. The van der Waals surface area contributed by atoms with Crippen molar-refractivity contribution < 1.29 is 9.21 Å². The van der Waals surface area contributed by atoms with E-state index in [1.54, 1.807) is 6.26 Å². The number of benzene rings is 2. The molecule has 1 saturated heterocycles. The van der Waals surface area contributed by atoms with Crippen molar-refractivity contribution in [3.05, 3.63) is 89.9 Å². The van der Waals surface area contributed by atoms with Crippen LogP contribution in [0.1, 0.15) is 16.9 Å². The molecule has 1 amide bonds. The summed E-state index contributed by atoms with van der Waals surface area (Å²) in [6.45, 7) is 4.19. The molecule has 5 rings (SSSR count). The predicted octanol–water partition coefficient (Wildman–Crippen LogP) is 3.46. The van der Waals surface area contributed by atoms with Crippen molar-refractivity contribution in [1.82, 2.24) is 10.2 Å². The van der Waals surface area contributed by atoms with Gasteiger partial charge >= 0.3 is 0 Å². The van der Waals surface area contributed by atoms with Gasteiger partial charge in [-0.1, -0.05) is 48.5 Å². The summed E-state index contributed by atoms with van der Waals surface area (Å²) in [6, 6.07) is 23.0. The summed E-state index contributed by atoms with van der Waals surface area (Å²) in [4.78, 5) is 18.2. The largest absolute Gasteiger partial charge is 0.467 e. The summed E-state index contributed by atoms with van der Waals surface area (Å²) in [6.07, 6.45) is 2.42. The molecule has 1 aromatic heterocycles. The Kier molecular flexibility index (Phi) is 5.28. The van der Waals surface area contributed by atoms with Crippen LogP contribution in [0.2, 0.25) is 0 Å². The SMILES string of the molecule is O=C(NCc1ccco1)[C@@H]1Cc2ccccc2N2CCN(Cc3ccccc3)C[C@H]12. The van der Waals surface area contributed by atoms with Crippen LogP contribution in [0.5, 0.6) is 0 Å². The fraction of sp³-hybridized carbons (Fsp3) is 0.320. The summed E-state index contributed by atoms with van der Waals surface area (Å²) < 4.78 is 5.38. The summed E-state index contributed by atoms with van der Waals surface area (Å²) in [7, 11) is 0. The van der Waals surface area contributed by atoms with Crippen LogP contribution in [0.4, 0.5) is 5.69 Å². The second-order valence-corrected chi connectivity index (χ2v) is 8.22. The topological polar surface area (TPSA) is 48.7 Å². The minimum Gasteiger partial charge on any atom is -0.467 e. The van der Waals surface area contributed by atoms with E-state index >= 15 is 0 Å². The lowest BCUT2D eigenvalue weighted by molar-refractivity contribution is -0.126. The Morgan fingerprint density at radius 3 is 2.67 bits per heavy atom. The van der Waals surface area contributed by atoms with Gasteiger partial charge in [0.25, 0.3) is 0 Å². The molecule has 0 spiro atoms. The summed E-state index contributed by atoms with van der Waals surface area (Å²) in [5, 5.41) is 3.11. The van der Waals surface area contributed by atoms with Crippen LogP contribution in [0.15, 0.2) is 77.4 Å². The van der Waals surface area contributed by atoms with Crippen LogP contribution in [-0.2, 0) is 24.3 Å². The van der Waals surface area contributed by atoms with Crippen LogP contribution in [-0.4, -0.2) is 36.5 Å². The van der Waals surface area contributed by atoms with Crippen molar-refractivity contribution in [3.8, 4) is 0 Å². The summed E-state index contributed by atoms with van der Waals surface area (Å²) in [5.41, 5.74) is 3.88. The maximum atomic E-state index is 13.2. The van der Waals surface area contributed by atoms with Gasteiger partial charge in [-0.15, -0.1) is 0 Å². The molecule has 0 aliphatic carbocycles. The Morgan fingerprint density at radius 2 is 1.83 bits per heavy atom.